The van der Waals surface area contributed by atoms with Crippen LogP contribution in [0, 0.1) is 5.82 Å². The lowest BCUT2D eigenvalue weighted by Crippen LogP contribution is -2.30. The Morgan fingerprint density at radius 1 is 1.17 bits per heavy atom. The number of halogens is 1. The molecule has 0 heterocycles. The van der Waals surface area contributed by atoms with Gasteiger partial charge in [0.25, 0.3) is 5.91 Å². The van der Waals surface area contributed by atoms with E-state index in [9.17, 15) is 17.6 Å². The van der Waals surface area contributed by atoms with Gasteiger partial charge in [0.15, 0.2) is 16.4 Å². The van der Waals surface area contributed by atoms with Crippen LogP contribution in [0.2, 0.25) is 0 Å². The molecule has 2 aromatic carbocycles. The van der Waals surface area contributed by atoms with Gasteiger partial charge in [0, 0.05) is 12.8 Å². The van der Waals surface area contributed by atoms with E-state index in [-0.39, 0.29) is 23.2 Å². The Bertz CT molecular complexity index is 821. The predicted octanol–water partition coefficient (Wildman–Crippen LogP) is 1.97. The SMILES string of the molecule is CS(=O)(=O)c1cccc(OCC(=O)NCCc2cccc(F)c2)c1. The molecule has 0 radical (unpaired) electrons. The van der Waals surface area contributed by atoms with Gasteiger partial charge in [0.2, 0.25) is 0 Å². The molecule has 128 valence electrons. The molecule has 7 heteroatoms. The van der Waals surface area contributed by atoms with Crippen molar-refractivity contribution in [3.8, 4) is 5.75 Å². The van der Waals surface area contributed by atoms with Gasteiger partial charge in [-0.05, 0) is 42.3 Å². The number of hydrogen-bond acceptors (Lipinski definition) is 4. The third-order valence-corrected chi connectivity index (χ3v) is 4.34. The molecule has 0 fully saturated rings. The molecule has 0 saturated carbocycles. The second-order valence-corrected chi connectivity index (χ2v) is 7.28. The summed E-state index contributed by atoms with van der Waals surface area (Å²) in [7, 11) is -3.32. The molecule has 0 aliphatic carbocycles. The van der Waals surface area contributed by atoms with Crippen LogP contribution in [0.3, 0.4) is 0 Å². The van der Waals surface area contributed by atoms with Gasteiger partial charge in [-0.1, -0.05) is 18.2 Å². The fraction of sp³-hybridized carbons (Fsp3) is 0.235. The molecular formula is C17H18FNO4S. The van der Waals surface area contributed by atoms with Gasteiger partial charge >= 0.3 is 0 Å². The molecule has 0 atom stereocenters. The van der Waals surface area contributed by atoms with Crippen molar-refractivity contribution < 1.29 is 22.3 Å². The van der Waals surface area contributed by atoms with E-state index in [0.717, 1.165) is 11.8 Å². The molecule has 1 amide bonds. The quantitative estimate of drug-likeness (QED) is 0.828. The predicted molar refractivity (Wildman–Crippen MR) is 88.2 cm³/mol. The molecule has 0 saturated heterocycles. The van der Waals surface area contributed by atoms with Crippen molar-refractivity contribution >= 4 is 15.7 Å². The van der Waals surface area contributed by atoms with Crippen LogP contribution in [0.5, 0.6) is 5.75 Å². The van der Waals surface area contributed by atoms with Crippen LogP contribution in [0.25, 0.3) is 0 Å². The average Bonchev–Trinajstić information content (AvgIpc) is 2.52. The van der Waals surface area contributed by atoms with Crippen LogP contribution in [-0.2, 0) is 21.1 Å². The normalized spacial score (nSPS) is 11.1. The number of ether oxygens (including phenoxy) is 1. The van der Waals surface area contributed by atoms with Crippen molar-refractivity contribution in [2.24, 2.45) is 0 Å². The lowest BCUT2D eigenvalue weighted by Gasteiger charge is -2.08. The number of amides is 1. The first-order valence-corrected chi connectivity index (χ1v) is 9.18. The van der Waals surface area contributed by atoms with E-state index in [1.807, 2.05) is 0 Å². The maximum Gasteiger partial charge on any atom is 0.257 e. The standard InChI is InChI=1S/C17H18FNO4S/c1-24(21,22)16-7-3-6-15(11-16)23-12-17(20)19-9-8-13-4-2-5-14(18)10-13/h2-7,10-11H,8-9,12H2,1H3,(H,19,20). The molecule has 0 unspecified atom stereocenters. The molecule has 2 rings (SSSR count). The zero-order valence-electron chi connectivity index (χ0n) is 13.2. The van der Waals surface area contributed by atoms with E-state index in [2.05, 4.69) is 5.32 Å². The molecular weight excluding hydrogens is 333 g/mol. The summed E-state index contributed by atoms with van der Waals surface area (Å²) in [6, 6.07) is 12.1. The number of benzene rings is 2. The number of carbonyl (C=O) groups is 1. The number of rotatable bonds is 7. The second kappa shape index (κ2) is 7.92. The van der Waals surface area contributed by atoms with E-state index in [1.165, 1.54) is 24.3 Å². The Labute approximate surface area is 140 Å². The Morgan fingerprint density at radius 3 is 2.62 bits per heavy atom. The second-order valence-electron chi connectivity index (χ2n) is 5.27. The summed E-state index contributed by atoms with van der Waals surface area (Å²) < 4.78 is 41.2. The Hall–Kier alpha value is -2.41. The van der Waals surface area contributed by atoms with E-state index >= 15 is 0 Å². The van der Waals surface area contributed by atoms with Crippen molar-refractivity contribution in [1.29, 1.82) is 0 Å². The molecule has 0 bridgehead atoms. The highest BCUT2D eigenvalue weighted by atomic mass is 32.2. The number of hydrogen-bond donors (Lipinski definition) is 1. The lowest BCUT2D eigenvalue weighted by molar-refractivity contribution is -0.123. The zero-order chi connectivity index (χ0) is 17.6. The molecule has 0 aliphatic rings. The topological polar surface area (TPSA) is 72.5 Å². The molecule has 0 aliphatic heterocycles. The van der Waals surface area contributed by atoms with Gasteiger partial charge in [-0.3, -0.25) is 4.79 Å². The average molecular weight is 351 g/mol. The van der Waals surface area contributed by atoms with Crippen molar-refractivity contribution in [2.45, 2.75) is 11.3 Å². The summed E-state index contributed by atoms with van der Waals surface area (Å²) in [5.41, 5.74) is 0.789. The minimum Gasteiger partial charge on any atom is -0.484 e. The van der Waals surface area contributed by atoms with Gasteiger partial charge in [0.05, 0.1) is 4.90 Å². The molecule has 1 N–H and O–H groups in total. The van der Waals surface area contributed by atoms with E-state index < -0.39 is 9.84 Å². The number of sulfone groups is 1. The Balaban J connectivity index is 1.79. The van der Waals surface area contributed by atoms with Crippen molar-refractivity contribution in [2.75, 3.05) is 19.4 Å². The third kappa shape index (κ3) is 5.66. The summed E-state index contributed by atoms with van der Waals surface area (Å²) in [6.45, 7) is 0.130. The number of nitrogens with one attached hydrogen (secondary N) is 1. The fourth-order valence-corrected chi connectivity index (χ4v) is 2.69. The van der Waals surface area contributed by atoms with Gasteiger partial charge < -0.3 is 10.1 Å². The van der Waals surface area contributed by atoms with E-state index in [0.29, 0.717) is 18.7 Å². The van der Waals surface area contributed by atoms with Crippen molar-refractivity contribution in [3.63, 3.8) is 0 Å². The van der Waals surface area contributed by atoms with Crippen LogP contribution in [0.15, 0.2) is 53.4 Å². The highest BCUT2D eigenvalue weighted by molar-refractivity contribution is 7.90. The van der Waals surface area contributed by atoms with Gasteiger partial charge in [-0.2, -0.15) is 0 Å². The maximum atomic E-state index is 13.0. The number of carbonyl (C=O) groups excluding carboxylic acids is 1. The Kier molecular flexibility index (Phi) is 5.92. The summed E-state index contributed by atoms with van der Waals surface area (Å²) in [4.78, 5) is 11.9. The fourth-order valence-electron chi connectivity index (χ4n) is 2.03. The van der Waals surface area contributed by atoms with E-state index in [4.69, 9.17) is 4.74 Å². The summed E-state index contributed by atoms with van der Waals surface area (Å²) in [5, 5.41) is 2.66. The van der Waals surface area contributed by atoms with Crippen LogP contribution < -0.4 is 10.1 Å². The van der Waals surface area contributed by atoms with E-state index in [1.54, 1.807) is 24.3 Å². The molecule has 0 spiro atoms. The van der Waals surface area contributed by atoms with Gasteiger partial charge in [-0.15, -0.1) is 0 Å². The monoisotopic (exact) mass is 351 g/mol. The summed E-state index contributed by atoms with van der Waals surface area (Å²) in [6.07, 6.45) is 1.61. The summed E-state index contributed by atoms with van der Waals surface area (Å²) >= 11 is 0. The molecule has 2 aromatic rings. The highest BCUT2D eigenvalue weighted by Crippen LogP contribution is 2.17. The molecule has 0 aromatic heterocycles. The lowest BCUT2D eigenvalue weighted by atomic mass is 10.1. The highest BCUT2D eigenvalue weighted by Gasteiger charge is 2.09. The van der Waals surface area contributed by atoms with Crippen LogP contribution >= 0.6 is 0 Å². The van der Waals surface area contributed by atoms with Gasteiger partial charge in [0.1, 0.15) is 11.6 Å². The van der Waals surface area contributed by atoms with Crippen LogP contribution in [0.4, 0.5) is 4.39 Å². The minimum atomic E-state index is -3.32. The Morgan fingerprint density at radius 2 is 1.92 bits per heavy atom. The molecule has 5 nitrogen and oxygen atoms in total. The first-order chi connectivity index (χ1) is 11.3. The van der Waals surface area contributed by atoms with Crippen molar-refractivity contribution in [3.05, 3.63) is 59.9 Å². The van der Waals surface area contributed by atoms with Crippen LogP contribution in [-0.4, -0.2) is 33.7 Å². The summed E-state index contributed by atoms with van der Waals surface area (Å²) in [5.74, 6) is -0.345. The minimum absolute atomic E-state index is 0.131. The first-order valence-electron chi connectivity index (χ1n) is 7.29. The smallest absolute Gasteiger partial charge is 0.257 e. The van der Waals surface area contributed by atoms with Gasteiger partial charge in [-0.25, -0.2) is 12.8 Å². The maximum absolute atomic E-state index is 13.0. The largest absolute Gasteiger partial charge is 0.484 e. The third-order valence-electron chi connectivity index (χ3n) is 3.23. The first kappa shape index (κ1) is 17.9. The van der Waals surface area contributed by atoms with Crippen LogP contribution in [0.1, 0.15) is 5.56 Å². The molecule has 24 heavy (non-hydrogen) atoms. The zero-order valence-corrected chi connectivity index (χ0v) is 14.0. The van der Waals surface area contributed by atoms with Crippen molar-refractivity contribution in [1.82, 2.24) is 5.32 Å².